The average molecular weight is 345 g/mol. The highest BCUT2D eigenvalue weighted by Gasteiger charge is 2.48. The lowest BCUT2D eigenvalue weighted by Crippen LogP contribution is -2.44. The van der Waals surface area contributed by atoms with Crippen LogP contribution in [0.2, 0.25) is 0 Å². The number of hydrogen-bond donors (Lipinski definition) is 1. The number of urea groups is 1. The van der Waals surface area contributed by atoms with Gasteiger partial charge in [-0.15, -0.1) is 0 Å². The van der Waals surface area contributed by atoms with Gasteiger partial charge >= 0.3 is 12.0 Å². The van der Waals surface area contributed by atoms with Crippen molar-refractivity contribution in [2.75, 3.05) is 32.8 Å². The summed E-state index contributed by atoms with van der Waals surface area (Å²) in [5.74, 6) is -1.37. The summed E-state index contributed by atoms with van der Waals surface area (Å²) in [4.78, 5) is 27.1. The van der Waals surface area contributed by atoms with Gasteiger partial charge in [0.15, 0.2) is 0 Å². The smallest absolute Gasteiger partial charge is 0.320 e. The van der Waals surface area contributed by atoms with E-state index in [0.29, 0.717) is 26.2 Å². The number of carbonyl (C=O) groups is 2. The third-order valence-corrected chi connectivity index (χ3v) is 5.05. The van der Waals surface area contributed by atoms with Gasteiger partial charge in [-0.25, -0.2) is 4.79 Å². The first-order valence-electron chi connectivity index (χ1n) is 6.79. The molecule has 6 nitrogen and oxygen atoms in total. The number of halogens is 1. The Labute approximate surface area is 125 Å². The molecule has 3 aliphatic rings. The number of carboxylic acid groups (broad SMARTS) is 1. The van der Waals surface area contributed by atoms with Crippen LogP contribution in [0.4, 0.5) is 4.79 Å². The number of nitrogens with zero attached hydrogens (tertiary/aromatic N) is 2. The van der Waals surface area contributed by atoms with Crippen molar-refractivity contribution in [3.8, 4) is 0 Å². The first-order chi connectivity index (χ1) is 9.56. The fourth-order valence-electron chi connectivity index (χ4n) is 3.14. The van der Waals surface area contributed by atoms with Gasteiger partial charge < -0.3 is 19.6 Å². The van der Waals surface area contributed by atoms with E-state index in [1.54, 1.807) is 9.80 Å². The molecule has 0 saturated carbocycles. The fourth-order valence-corrected chi connectivity index (χ4v) is 3.46. The Balaban J connectivity index is 1.63. The fraction of sp³-hybridized carbons (Fsp3) is 0.692. The zero-order valence-corrected chi connectivity index (χ0v) is 12.6. The molecule has 0 unspecified atom stereocenters. The largest absolute Gasteiger partial charge is 0.481 e. The molecule has 0 aromatic rings. The Hall–Kier alpha value is -1.08. The molecule has 3 aliphatic heterocycles. The highest BCUT2D eigenvalue weighted by molar-refractivity contribution is 9.11. The molecule has 3 rings (SSSR count). The van der Waals surface area contributed by atoms with Crippen LogP contribution in [0, 0.1) is 11.8 Å². The lowest BCUT2D eigenvalue weighted by molar-refractivity contribution is -0.142. The second kappa shape index (κ2) is 5.37. The highest BCUT2D eigenvalue weighted by atomic mass is 79.9. The van der Waals surface area contributed by atoms with Gasteiger partial charge in [0.2, 0.25) is 0 Å². The maximum atomic E-state index is 12.4. The first-order valence-corrected chi connectivity index (χ1v) is 7.58. The van der Waals surface area contributed by atoms with E-state index in [1.807, 2.05) is 6.08 Å². The molecule has 2 amide bonds. The van der Waals surface area contributed by atoms with E-state index in [0.717, 1.165) is 10.9 Å². The molecule has 3 atom stereocenters. The van der Waals surface area contributed by atoms with Crippen molar-refractivity contribution in [3.05, 3.63) is 10.6 Å². The minimum atomic E-state index is -0.823. The van der Waals surface area contributed by atoms with Crippen LogP contribution in [0.25, 0.3) is 0 Å². The highest BCUT2D eigenvalue weighted by Crippen LogP contribution is 2.34. The molecular weight excluding hydrogens is 328 g/mol. The summed E-state index contributed by atoms with van der Waals surface area (Å²) < 4.78 is 6.66. The van der Waals surface area contributed by atoms with Crippen LogP contribution in [0.5, 0.6) is 0 Å². The number of carboxylic acids is 1. The lowest BCUT2D eigenvalue weighted by atomic mass is 9.93. The molecule has 20 heavy (non-hydrogen) atoms. The van der Waals surface area contributed by atoms with Crippen molar-refractivity contribution in [3.63, 3.8) is 0 Å². The van der Waals surface area contributed by atoms with Gasteiger partial charge in [-0.3, -0.25) is 4.79 Å². The standard InChI is InChI=1S/C13H17BrN2O4/c14-8-1-3-15(4-2-8)13(19)16-5-9-10(12(17)18)7-20-11(9)6-16/h1,9-11H,2-7H2,(H,17,18)/t9-,10-,11-/m1/s1. The number of rotatable bonds is 1. The van der Waals surface area contributed by atoms with Crippen LogP contribution in [-0.4, -0.2) is 65.8 Å². The third-order valence-electron chi connectivity index (χ3n) is 4.33. The van der Waals surface area contributed by atoms with E-state index >= 15 is 0 Å². The first kappa shape index (κ1) is 13.9. The Morgan fingerprint density at radius 2 is 2.15 bits per heavy atom. The van der Waals surface area contributed by atoms with Gasteiger partial charge in [0.05, 0.1) is 18.6 Å². The Morgan fingerprint density at radius 3 is 2.80 bits per heavy atom. The van der Waals surface area contributed by atoms with E-state index in [-0.39, 0.29) is 24.7 Å². The van der Waals surface area contributed by atoms with Crippen molar-refractivity contribution in [2.24, 2.45) is 11.8 Å². The summed E-state index contributed by atoms with van der Waals surface area (Å²) in [6.45, 7) is 2.57. The summed E-state index contributed by atoms with van der Waals surface area (Å²) in [7, 11) is 0. The van der Waals surface area contributed by atoms with Gasteiger partial charge in [-0.2, -0.15) is 0 Å². The van der Waals surface area contributed by atoms with E-state index in [1.165, 1.54) is 0 Å². The number of ether oxygens (including phenoxy) is 1. The molecule has 1 N–H and O–H groups in total. The van der Waals surface area contributed by atoms with Crippen LogP contribution < -0.4 is 0 Å². The molecule has 2 saturated heterocycles. The number of likely N-dealkylation sites (tertiary alicyclic amines) is 1. The SMILES string of the molecule is O=C(O)[C@@H]1CO[C@@H]2CN(C(=O)N3CC=C(Br)CC3)C[C@@H]21. The Kier molecular flexibility index (Phi) is 3.72. The number of carbonyl (C=O) groups excluding carboxylic acids is 1. The third kappa shape index (κ3) is 2.44. The second-order valence-electron chi connectivity index (χ2n) is 5.51. The topological polar surface area (TPSA) is 70.1 Å². The predicted octanol–water partition coefficient (Wildman–Crippen LogP) is 1.12. The van der Waals surface area contributed by atoms with E-state index in [2.05, 4.69) is 15.9 Å². The molecule has 110 valence electrons. The van der Waals surface area contributed by atoms with Crippen molar-refractivity contribution in [1.29, 1.82) is 0 Å². The molecule has 0 aromatic heterocycles. The average Bonchev–Trinajstić information content (AvgIpc) is 2.97. The normalized spacial score (nSPS) is 33.0. The van der Waals surface area contributed by atoms with Crippen LogP contribution in [-0.2, 0) is 9.53 Å². The van der Waals surface area contributed by atoms with Crippen molar-refractivity contribution in [1.82, 2.24) is 9.80 Å². The maximum Gasteiger partial charge on any atom is 0.320 e. The molecule has 3 heterocycles. The van der Waals surface area contributed by atoms with Crippen LogP contribution in [0.1, 0.15) is 6.42 Å². The maximum absolute atomic E-state index is 12.4. The van der Waals surface area contributed by atoms with E-state index < -0.39 is 11.9 Å². The van der Waals surface area contributed by atoms with Crippen molar-refractivity contribution >= 4 is 27.9 Å². The second-order valence-corrected chi connectivity index (χ2v) is 6.53. The number of amides is 2. The zero-order valence-electron chi connectivity index (χ0n) is 11.0. The minimum absolute atomic E-state index is 0.0108. The Morgan fingerprint density at radius 1 is 1.35 bits per heavy atom. The van der Waals surface area contributed by atoms with Crippen molar-refractivity contribution in [2.45, 2.75) is 12.5 Å². The summed E-state index contributed by atoms with van der Waals surface area (Å²) >= 11 is 3.44. The minimum Gasteiger partial charge on any atom is -0.481 e. The summed E-state index contributed by atoms with van der Waals surface area (Å²) in [6.07, 6.45) is 2.71. The quantitative estimate of drug-likeness (QED) is 0.773. The monoisotopic (exact) mass is 344 g/mol. The van der Waals surface area contributed by atoms with E-state index in [4.69, 9.17) is 9.84 Å². The number of aliphatic carboxylic acids is 1. The molecule has 0 radical (unpaired) electrons. The lowest BCUT2D eigenvalue weighted by Gasteiger charge is -2.30. The van der Waals surface area contributed by atoms with Gasteiger partial charge in [0.25, 0.3) is 0 Å². The molecule has 0 aromatic carbocycles. The number of fused-ring (bicyclic) bond motifs is 1. The van der Waals surface area contributed by atoms with E-state index in [9.17, 15) is 9.59 Å². The molecule has 0 aliphatic carbocycles. The molecule has 0 spiro atoms. The van der Waals surface area contributed by atoms with Crippen LogP contribution in [0.3, 0.4) is 0 Å². The molecule has 0 bridgehead atoms. The van der Waals surface area contributed by atoms with Crippen molar-refractivity contribution < 1.29 is 19.4 Å². The zero-order chi connectivity index (χ0) is 14.3. The molecule has 2 fully saturated rings. The van der Waals surface area contributed by atoms with Gasteiger partial charge in [-0.1, -0.05) is 22.0 Å². The van der Waals surface area contributed by atoms with Gasteiger partial charge in [-0.05, 0) is 10.9 Å². The summed E-state index contributed by atoms with van der Waals surface area (Å²) in [5.41, 5.74) is 0. The summed E-state index contributed by atoms with van der Waals surface area (Å²) in [5, 5.41) is 9.16. The van der Waals surface area contributed by atoms with Gasteiger partial charge in [0, 0.05) is 32.1 Å². The summed E-state index contributed by atoms with van der Waals surface area (Å²) in [6, 6.07) is -0.0108. The Bertz CT molecular complexity index is 467. The molecule has 7 heteroatoms. The number of hydrogen-bond acceptors (Lipinski definition) is 3. The van der Waals surface area contributed by atoms with Crippen LogP contribution in [0.15, 0.2) is 10.6 Å². The van der Waals surface area contributed by atoms with Gasteiger partial charge in [0.1, 0.15) is 0 Å². The molecular formula is C13H17BrN2O4. The van der Waals surface area contributed by atoms with Crippen LogP contribution >= 0.6 is 15.9 Å². The predicted molar refractivity (Wildman–Crippen MR) is 74.5 cm³/mol.